The average Bonchev–Trinajstić information content (AvgIpc) is 2.38. The van der Waals surface area contributed by atoms with E-state index in [1.807, 2.05) is 13.0 Å². The van der Waals surface area contributed by atoms with Gasteiger partial charge in [-0.15, -0.1) is 0 Å². The van der Waals surface area contributed by atoms with E-state index < -0.39 is 0 Å². The molecule has 0 radical (unpaired) electrons. The third-order valence-corrected chi connectivity index (χ3v) is 2.56. The van der Waals surface area contributed by atoms with Crippen LogP contribution in [0, 0.1) is 6.92 Å². The Morgan fingerprint density at radius 2 is 2.10 bits per heavy atom. The Hall–Kier alpha value is -2.63. The third-order valence-electron chi connectivity index (χ3n) is 2.56. The van der Waals surface area contributed by atoms with Gasteiger partial charge < -0.3 is 15.8 Å². The van der Waals surface area contributed by atoms with Crippen LogP contribution in [0.1, 0.15) is 23.0 Å². The number of nitrogens with one attached hydrogen (secondary N) is 1. The summed E-state index contributed by atoms with van der Waals surface area (Å²) in [5, 5.41) is 3.06. The minimum absolute atomic E-state index is 0.182. The molecule has 0 spiro atoms. The van der Waals surface area contributed by atoms with Gasteiger partial charge in [-0.3, -0.25) is 0 Å². The van der Waals surface area contributed by atoms with E-state index in [2.05, 4.69) is 15.3 Å². The predicted molar refractivity (Wildman–Crippen MR) is 76.9 cm³/mol. The molecule has 20 heavy (non-hydrogen) atoms. The number of ether oxygens (including phenoxy) is 1. The molecule has 0 saturated carbocycles. The van der Waals surface area contributed by atoms with Crippen molar-refractivity contribution in [3.63, 3.8) is 0 Å². The second-order valence-corrected chi connectivity index (χ2v) is 4.14. The lowest BCUT2D eigenvalue weighted by Crippen LogP contribution is -2.09. The van der Waals surface area contributed by atoms with Crippen LogP contribution in [0.3, 0.4) is 0 Å². The molecule has 6 heteroatoms. The number of hydrogen-bond donors (Lipinski definition) is 2. The topological polar surface area (TPSA) is 90.1 Å². The summed E-state index contributed by atoms with van der Waals surface area (Å²) in [6, 6.07) is 8.81. The monoisotopic (exact) mass is 272 g/mol. The van der Waals surface area contributed by atoms with Crippen LogP contribution in [0.15, 0.2) is 30.3 Å². The minimum atomic E-state index is -0.380. The standard InChI is InChI=1S/C14H16N4O2/c1-3-20-13(19)10-6-4-5-7-11(10)17-12-8-9(2)16-14(15)18-12/h4-8H,3H2,1-2H3,(H3,15,16,17,18). The molecule has 1 aromatic heterocycles. The molecule has 0 unspecified atom stereocenters. The van der Waals surface area contributed by atoms with Crippen molar-refractivity contribution in [3.8, 4) is 0 Å². The zero-order chi connectivity index (χ0) is 14.5. The van der Waals surface area contributed by atoms with Crippen molar-refractivity contribution in [1.29, 1.82) is 0 Å². The van der Waals surface area contributed by atoms with E-state index in [1.54, 1.807) is 31.2 Å². The van der Waals surface area contributed by atoms with E-state index in [4.69, 9.17) is 10.5 Å². The first kappa shape index (κ1) is 13.8. The van der Waals surface area contributed by atoms with Crippen molar-refractivity contribution >= 4 is 23.4 Å². The summed E-state index contributed by atoms with van der Waals surface area (Å²) in [6.45, 7) is 3.91. The molecule has 0 aliphatic heterocycles. The molecule has 104 valence electrons. The lowest BCUT2D eigenvalue weighted by molar-refractivity contribution is 0.0527. The van der Waals surface area contributed by atoms with Crippen LogP contribution in [-0.4, -0.2) is 22.5 Å². The Morgan fingerprint density at radius 3 is 2.80 bits per heavy atom. The van der Waals surface area contributed by atoms with Crippen LogP contribution in [0.5, 0.6) is 0 Å². The number of carbonyl (C=O) groups is 1. The maximum absolute atomic E-state index is 11.9. The first-order chi connectivity index (χ1) is 9.60. The molecule has 1 heterocycles. The highest BCUT2D eigenvalue weighted by Crippen LogP contribution is 2.21. The summed E-state index contributed by atoms with van der Waals surface area (Å²) in [5.74, 6) is 0.335. The molecule has 0 aliphatic rings. The smallest absolute Gasteiger partial charge is 0.340 e. The van der Waals surface area contributed by atoms with Crippen molar-refractivity contribution in [2.45, 2.75) is 13.8 Å². The summed E-state index contributed by atoms with van der Waals surface area (Å²) in [6.07, 6.45) is 0. The number of rotatable bonds is 4. The number of esters is 1. The summed E-state index contributed by atoms with van der Waals surface area (Å²) >= 11 is 0. The molecule has 1 aromatic carbocycles. The van der Waals surface area contributed by atoms with E-state index in [1.165, 1.54) is 0 Å². The number of aryl methyl sites for hydroxylation is 1. The Bertz CT molecular complexity index is 608. The second-order valence-electron chi connectivity index (χ2n) is 4.14. The van der Waals surface area contributed by atoms with Gasteiger partial charge in [0, 0.05) is 11.8 Å². The summed E-state index contributed by atoms with van der Waals surface area (Å²) < 4.78 is 5.02. The highest BCUT2D eigenvalue weighted by atomic mass is 16.5. The molecule has 2 aromatic rings. The molecule has 6 nitrogen and oxygen atoms in total. The van der Waals surface area contributed by atoms with Gasteiger partial charge in [0.15, 0.2) is 0 Å². The predicted octanol–water partition coefficient (Wildman–Crippen LogP) is 2.29. The average molecular weight is 272 g/mol. The number of carbonyl (C=O) groups excluding carboxylic acids is 1. The van der Waals surface area contributed by atoms with Gasteiger partial charge in [-0.05, 0) is 26.0 Å². The van der Waals surface area contributed by atoms with Gasteiger partial charge in [-0.25, -0.2) is 9.78 Å². The maximum Gasteiger partial charge on any atom is 0.340 e. The Morgan fingerprint density at radius 1 is 1.35 bits per heavy atom. The van der Waals surface area contributed by atoms with Gasteiger partial charge in [0.2, 0.25) is 5.95 Å². The SMILES string of the molecule is CCOC(=O)c1ccccc1Nc1cc(C)nc(N)n1. The van der Waals surface area contributed by atoms with E-state index >= 15 is 0 Å². The number of anilines is 3. The largest absolute Gasteiger partial charge is 0.462 e. The molecule has 3 N–H and O–H groups in total. The fourth-order valence-electron chi connectivity index (χ4n) is 1.77. The van der Waals surface area contributed by atoms with E-state index in [-0.39, 0.29) is 11.9 Å². The normalized spacial score (nSPS) is 10.1. The summed E-state index contributed by atoms with van der Waals surface area (Å²) in [5.41, 5.74) is 7.41. The van der Waals surface area contributed by atoms with Gasteiger partial charge in [0.1, 0.15) is 5.82 Å². The highest BCUT2D eigenvalue weighted by Gasteiger charge is 2.12. The van der Waals surface area contributed by atoms with Gasteiger partial charge in [-0.2, -0.15) is 4.98 Å². The van der Waals surface area contributed by atoms with Crippen LogP contribution in [-0.2, 0) is 4.74 Å². The molecule has 0 atom stereocenters. The van der Waals surface area contributed by atoms with Crippen molar-refractivity contribution in [3.05, 3.63) is 41.6 Å². The van der Waals surface area contributed by atoms with Crippen LogP contribution < -0.4 is 11.1 Å². The van der Waals surface area contributed by atoms with Crippen LogP contribution in [0.25, 0.3) is 0 Å². The van der Waals surface area contributed by atoms with Crippen molar-refractivity contribution in [2.24, 2.45) is 0 Å². The first-order valence-corrected chi connectivity index (χ1v) is 6.24. The fourth-order valence-corrected chi connectivity index (χ4v) is 1.77. The van der Waals surface area contributed by atoms with Crippen LogP contribution in [0.4, 0.5) is 17.5 Å². The quantitative estimate of drug-likeness (QED) is 0.830. The van der Waals surface area contributed by atoms with E-state index in [0.29, 0.717) is 23.7 Å². The Labute approximate surface area is 117 Å². The second kappa shape index (κ2) is 6.01. The van der Waals surface area contributed by atoms with Crippen LogP contribution in [0.2, 0.25) is 0 Å². The Balaban J connectivity index is 2.31. The number of hydrogen-bond acceptors (Lipinski definition) is 6. The molecular formula is C14H16N4O2. The first-order valence-electron chi connectivity index (χ1n) is 6.24. The molecule has 0 saturated heterocycles. The van der Waals surface area contributed by atoms with Gasteiger partial charge in [0.05, 0.1) is 17.9 Å². The lowest BCUT2D eigenvalue weighted by atomic mass is 10.2. The fraction of sp³-hybridized carbons (Fsp3) is 0.214. The van der Waals surface area contributed by atoms with E-state index in [9.17, 15) is 4.79 Å². The van der Waals surface area contributed by atoms with Crippen molar-refractivity contribution < 1.29 is 9.53 Å². The number of benzene rings is 1. The molecule has 0 amide bonds. The maximum atomic E-state index is 11.9. The summed E-state index contributed by atoms with van der Waals surface area (Å²) in [7, 11) is 0. The molecule has 2 rings (SSSR count). The van der Waals surface area contributed by atoms with Crippen LogP contribution >= 0.6 is 0 Å². The number of para-hydroxylation sites is 1. The van der Waals surface area contributed by atoms with Gasteiger partial charge in [-0.1, -0.05) is 12.1 Å². The van der Waals surface area contributed by atoms with E-state index in [0.717, 1.165) is 5.69 Å². The highest BCUT2D eigenvalue weighted by molar-refractivity contribution is 5.96. The Kier molecular flexibility index (Phi) is 4.14. The lowest BCUT2D eigenvalue weighted by Gasteiger charge is -2.11. The zero-order valence-electron chi connectivity index (χ0n) is 11.4. The molecule has 0 aliphatic carbocycles. The third kappa shape index (κ3) is 3.23. The minimum Gasteiger partial charge on any atom is -0.462 e. The zero-order valence-corrected chi connectivity index (χ0v) is 11.4. The summed E-state index contributed by atoms with van der Waals surface area (Å²) in [4.78, 5) is 19.9. The number of aromatic nitrogens is 2. The molecular weight excluding hydrogens is 256 g/mol. The number of nitrogen functional groups attached to an aromatic ring is 1. The van der Waals surface area contributed by atoms with Gasteiger partial charge >= 0.3 is 5.97 Å². The van der Waals surface area contributed by atoms with Crippen molar-refractivity contribution in [2.75, 3.05) is 17.7 Å². The number of nitrogens with zero attached hydrogens (tertiary/aromatic N) is 2. The van der Waals surface area contributed by atoms with Crippen molar-refractivity contribution in [1.82, 2.24) is 9.97 Å². The number of nitrogens with two attached hydrogens (primary N) is 1. The molecule has 0 bridgehead atoms. The molecule has 0 fully saturated rings. The van der Waals surface area contributed by atoms with Gasteiger partial charge in [0.25, 0.3) is 0 Å².